The Morgan fingerprint density at radius 3 is 2.36 bits per heavy atom. The van der Waals surface area contributed by atoms with Crippen LogP contribution < -0.4 is 9.64 Å². The lowest BCUT2D eigenvalue weighted by molar-refractivity contribution is 0.0746. The number of sulfonamides is 1. The lowest BCUT2D eigenvalue weighted by Gasteiger charge is -2.37. The fourth-order valence-corrected chi connectivity index (χ4v) is 6.30. The zero-order valence-corrected chi connectivity index (χ0v) is 20.9. The van der Waals surface area contributed by atoms with Crippen LogP contribution in [0.2, 0.25) is 0 Å². The number of methoxy groups -OCH3 is 1. The number of hydrogen-bond acceptors (Lipinski definition) is 5. The molecule has 0 spiro atoms. The second-order valence-electron chi connectivity index (χ2n) is 8.98. The molecule has 0 unspecified atom stereocenters. The monoisotopic (exact) mass is 509 g/mol. The van der Waals surface area contributed by atoms with E-state index in [-0.39, 0.29) is 10.8 Å². The average Bonchev–Trinajstić information content (AvgIpc) is 2.92. The molecule has 0 saturated carbocycles. The van der Waals surface area contributed by atoms with E-state index in [1.165, 1.54) is 28.1 Å². The van der Waals surface area contributed by atoms with Crippen molar-refractivity contribution in [2.45, 2.75) is 17.9 Å². The third-order valence-electron chi connectivity index (χ3n) is 6.86. The normalized spacial score (nSPS) is 16.5. The Labute approximate surface area is 210 Å². The highest BCUT2D eigenvalue weighted by molar-refractivity contribution is 7.89. The summed E-state index contributed by atoms with van der Waals surface area (Å²) in [5.74, 6) is -0.0925. The predicted molar refractivity (Wildman–Crippen MR) is 135 cm³/mol. The number of hydrogen-bond donors (Lipinski definition) is 0. The molecule has 2 aliphatic rings. The number of anilines is 1. The van der Waals surface area contributed by atoms with Crippen LogP contribution in [-0.2, 0) is 23.0 Å². The smallest absolute Gasteiger partial charge is 0.254 e. The minimum absolute atomic E-state index is 0.218. The quantitative estimate of drug-likeness (QED) is 0.526. The zero-order valence-electron chi connectivity index (χ0n) is 20.1. The van der Waals surface area contributed by atoms with Crippen molar-refractivity contribution in [3.8, 4) is 5.75 Å². The first-order valence-electron chi connectivity index (χ1n) is 11.9. The number of amides is 1. The molecule has 0 aromatic heterocycles. The van der Waals surface area contributed by atoms with Gasteiger partial charge in [-0.2, -0.15) is 4.31 Å². The van der Waals surface area contributed by atoms with E-state index in [4.69, 9.17) is 4.74 Å². The molecule has 0 bridgehead atoms. The van der Waals surface area contributed by atoms with E-state index < -0.39 is 15.8 Å². The molecule has 36 heavy (non-hydrogen) atoms. The minimum Gasteiger partial charge on any atom is -0.495 e. The summed E-state index contributed by atoms with van der Waals surface area (Å²) in [7, 11) is -2.15. The first-order valence-corrected chi connectivity index (χ1v) is 13.4. The van der Waals surface area contributed by atoms with Crippen LogP contribution in [0.1, 0.15) is 21.5 Å². The molecular formula is C27H28FN3O4S. The van der Waals surface area contributed by atoms with E-state index >= 15 is 0 Å². The molecule has 9 heteroatoms. The van der Waals surface area contributed by atoms with E-state index in [9.17, 15) is 17.6 Å². The maximum atomic E-state index is 13.6. The molecule has 0 radical (unpaired) electrons. The summed E-state index contributed by atoms with van der Waals surface area (Å²) in [4.78, 5) is 16.7. The number of carbonyl (C=O) groups is 1. The third-order valence-corrected chi connectivity index (χ3v) is 8.70. The summed E-state index contributed by atoms with van der Waals surface area (Å²) >= 11 is 0. The number of nitrogens with zero attached hydrogens (tertiary/aromatic N) is 3. The van der Waals surface area contributed by atoms with E-state index in [2.05, 4.69) is 0 Å². The van der Waals surface area contributed by atoms with Crippen molar-refractivity contribution in [3.63, 3.8) is 0 Å². The molecule has 0 N–H and O–H groups in total. The summed E-state index contributed by atoms with van der Waals surface area (Å²) in [6.45, 7) is 2.63. The lowest BCUT2D eigenvalue weighted by Crippen LogP contribution is -2.49. The van der Waals surface area contributed by atoms with Gasteiger partial charge in [0.15, 0.2) is 0 Å². The van der Waals surface area contributed by atoms with Crippen molar-refractivity contribution in [2.24, 2.45) is 0 Å². The van der Waals surface area contributed by atoms with Gasteiger partial charge in [-0.15, -0.1) is 0 Å². The van der Waals surface area contributed by atoms with Gasteiger partial charge in [-0.3, -0.25) is 4.79 Å². The zero-order chi connectivity index (χ0) is 25.3. The van der Waals surface area contributed by atoms with Crippen molar-refractivity contribution in [1.29, 1.82) is 0 Å². The van der Waals surface area contributed by atoms with Crippen molar-refractivity contribution in [2.75, 3.05) is 44.7 Å². The van der Waals surface area contributed by atoms with Crippen molar-refractivity contribution >= 4 is 21.6 Å². The van der Waals surface area contributed by atoms with Gasteiger partial charge in [-0.05, 0) is 53.9 Å². The molecule has 2 heterocycles. The largest absolute Gasteiger partial charge is 0.495 e. The van der Waals surface area contributed by atoms with Gasteiger partial charge in [0.2, 0.25) is 10.0 Å². The Bertz CT molecular complexity index is 1390. The second-order valence-corrected chi connectivity index (χ2v) is 10.9. The van der Waals surface area contributed by atoms with Gasteiger partial charge in [-0.25, -0.2) is 12.8 Å². The molecule has 2 aliphatic heterocycles. The average molecular weight is 510 g/mol. The van der Waals surface area contributed by atoms with Crippen molar-refractivity contribution < 1.29 is 22.3 Å². The fraction of sp³-hybridized carbons (Fsp3) is 0.296. The predicted octanol–water partition coefficient (Wildman–Crippen LogP) is 3.54. The molecule has 0 atom stereocenters. The van der Waals surface area contributed by atoms with E-state index in [0.717, 1.165) is 5.56 Å². The Morgan fingerprint density at radius 1 is 0.889 bits per heavy atom. The molecule has 5 rings (SSSR count). The van der Waals surface area contributed by atoms with E-state index in [1.54, 1.807) is 36.3 Å². The Balaban J connectivity index is 1.34. The van der Waals surface area contributed by atoms with Gasteiger partial charge in [0, 0.05) is 44.8 Å². The van der Waals surface area contributed by atoms with Crippen LogP contribution in [0.5, 0.6) is 5.75 Å². The minimum atomic E-state index is -3.70. The molecule has 0 aliphatic carbocycles. The van der Waals surface area contributed by atoms with Crippen LogP contribution in [0, 0.1) is 5.82 Å². The van der Waals surface area contributed by atoms with Gasteiger partial charge in [0.05, 0.1) is 17.7 Å². The molecule has 1 amide bonds. The molecule has 3 aromatic rings. The maximum absolute atomic E-state index is 13.6. The summed E-state index contributed by atoms with van der Waals surface area (Å²) < 4.78 is 47.7. The Morgan fingerprint density at radius 2 is 1.64 bits per heavy atom. The molecule has 1 fully saturated rings. The van der Waals surface area contributed by atoms with Gasteiger partial charge >= 0.3 is 0 Å². The highest BCUT2D eigenvalue weighted by Crippen LogP contribution is 2.34. The molecule has 188 valence electrons. The summed E-state index contributed by atoms with van der Waals surface area (Å²) in [5, 5.41) is 0. The number of benzene rings is 3. The van der Waals surface area contributed by atoms with Crippen LogP contribution in [0.15, 0.2) is 71.6 Å². The highest BCUT2D eigenvalue weighted by Gasteiger charge is 2.30. The van der Waals surface area contributed by atoms with Crippen LogP contribution in [-0.4, -0.2) is 63.4 Å². The van der Waals surface area contributed by atoms with E-state index in [0.29, 0.717) is 62.7 Å². The number of rotatable bonds is 5. The van der Waals surface area contributed by atoms with Gasteiger partial charge < -0.3 is 14.5 Å². The second kappa shape index (κ2) is 9.91. The standard InChI is InChI=1S/C27H28FN3O4S/c1-35-26-10-9-24(36(33,34)31-12-11-20-5-2-3-6-22(20)19-31)18-25(26)29-13-15-30(16-14-29)27(32)21-7-4-8-23(28)17-21/h2-10,17-18H,11-16,19H2,1H3. The van der Waals surface area contributed by atoms with Crippen LogP contribution in [0.3, 0.4) is 0 Å². The summed E-state index contributed by atoms with van der Waals surface area (Å²) in [6, 6.07) is 18.5. The maximum Gasteiger partial charge on any atom is 0.254 e. The number of piperazine rings is 1. The van der Waals surface area contributed by atoms with Gasteiger partial charge in [0.25, 0.3) is 5.91 Å². The lowest BCUT2D eigenvalue weighted by atomic mass is 10.0. The number of ether oxygens (including phenoxy) is 1. The fourth-order valence-electron chi connectivity index (χ4n) is 4.86. The van der Waals surface area contributed by atoms with Crippen LogP contribution in [0.25, 0.3) is 0 Å². The first kappa shape index (κ1) is 24.3. The van der Waals surface area contributed by atoms with Gasteiger partial charge in [-0.1, -0.05) is 30.3 Å². The topological polar surface area (TPSA) is 70.2 Å². The number of halogens is 1. The summed E-state index contributed by atoms with van der Waals surface area (Å²) in [6.07, 6.45) is 0.680. The molecule has 3 aromatic carbocycles. The van der Waals surface area contributed by atoms with Crippen LogP contribution in [0.4, 0.5) is 10.1 Å². The molecule has 1 saturated heterocycles. The molecule has 7 nitrogen and oxygen atoms in total. The summed E-state index contributed by atoms with van der Waals surface area (Å²) in [5.41, 5.74) is 3.20. The number of fused-ring (bicyclic) bond motifs is 1. The Hall–Kier alpha value is -3.43. The molecular weight excluding hydrogens is 481 g/mol. The SMILES string of the molecule is COc1ccc(S(=O)(=O)N2CCc3ccccc3C2)cc1N1CCN(C(=O)c2cccc(F)c2)CC1. The number of carbonyl (C=O) groups excluding carboxylic acids is 1. The highest BCUT2D eigenvalue weighted by atomic mass is 32.2. The van der Waals surface area contributed by atoms with Crippen molar-refractivity contribution in [3.05, 3.63) is 89.2 Å². The van der Waals surface area contributed by atoms with Gasteiger partial charge in [0.1, 0.15) is 11.6 Å². The first-order chi connectivity index (χ1) is 17.4. The van der Waals surface area contributed by atoms with E-state index in [1.807, 2.05) is 29.2 Å². The van der Waals surface area contributed by atoms with Crippen molar-refractivity contribution in [1.82, 2.24) is 9.21 Å². The Kier molecular flexibility index (Phi) is 6.68. The third kappa shape index (κ3) is 4.68. The van der Waals surface area contributed by atoms with Crippen LogP contribution >= 0.6 is 0 Å².